The molecule has 1 aliphatic heterocycles. The van der Waals surface area contributed by atoms with Crippen molar-refractivity contribution in [1.29, 1.82) is 0 Å². The smallest absolute Gasteiger partial charge is 0.408 e. The van der Waals surface area contributed by atoms with E-state index in [2.05, 4.69) is 48.3 Å². The van der Waals surface area contributed by atoms with Gasteiger partial charge in [-0.2, -0.15) is 0 Å². The molecule has 126 valence electrons. The summed E-state index contributed by atoms with van der Waals surface area (Å²) >= 11 is 0. The van der Waals surface area contributed by atoms with Gasteiger partial charge in [0, 0.05) is 30.1 Å². The van der Waals surface area contributed by atoms with E-state index in [1.807, 2.05) is 26.8 Å². The van der Waals surface area contributed by atoms with Gasteiger partial charge in [-0.1, -0.05) is 37.3 Å². The highest BCUT2D eigenvalue weighted by Gasteiger charge is 2.73. The number of ether oxygens (including phenoxy) is 1. The first-order chi connectivity index (χ1) is 10.6. The van der Waals surface area contributed by atoms with Gasteiger partial charge in [0.1, 0.15) is 5.60 Å². The highest BCUT2D eigenvalue weighted by molar-refractivity contribution is 5.69. The van der Waals surface area contributed by atoms with Crippen LogP contribution in [0.25, 0.3) is 0 Å². The summed E-state index contributed by atoms with van der Waals surface area (Å²) in [5.41, 5.74) is 0.817. The lowest BCUT2D eigenvalue weighted by Crippen LogP contribution is -2.44. The van der Waals surface area contributed by atoms with Crippen LogP contribution in [0.2, 0.25) is 0 Å². The lowest BCUT2D eigenvalue weighted by molar-refractivity contribution is 0.0580. The quantitative estimate of drug-likeness (QED) is 0.923. The molecule has 0 bridgehead atoms. The van der Waals surface area contributed by atoms with Gasteiger partial charge in [-0.15, -0.1) is 0 Å². The van der Waals surface area contributed by atoms with Gasteiger partial charge in [-0.05, 0) is 39.7 Å². The Kier molecular flexibility index (Phi) is 3.71. The minimum absolute atomic E-state index is 0.0886. The first-order valence-corrected chi connectivity index (χ1v) is 8.44. The summed E-state index contributed by atoms with van der Waals surface area (Å²) in [6, 6.07) is 10.9. The van der Waals surface area contributed by atoms with Crippen LogP contribution in [0, 0.1) is 5.41 Å². The summed E-state index contributed by atoms with van der Waals surface area (Å²) in [7, 11) is 0. The number of nitrogens with one attached hydrogen (secondary N) is 1. The number of rotatable bonds is 3. The van der Waals surface area contributed by atoms with Crippen molar-refractivity contribution in [1.82, 2.24) is 10.2 Å². The second-order valence-corrected chi connectivity index (χ2v) is 8.49. The van der Waals surface area contributed by atoms with Crippen LogP contribution >= 0.6 is 0 Å². The highest BCUT2D eigenvalue weighted by Crippen LogP contribution is 2.64. The second-order valence-electron chi connectivity index (χ2n) is 8.49. The molecular weight excluding hydrogens is 288 g/mol. The molecule has 1 N–H and O–H groups in total. The van der Waals surface area contributed by atoms with Crippen molar-refractivity contribution in [3.05, 3.63) is 35.9 Å². The van der Waals surface area contributed by atoms with Crippen LogP contribution < -0.4 is 5.32 Å². The number of carbonyl (C=O) groups is 1. The summed E-state index contributed by atoms with van der Waals surface area (Å²) in [6.45, 7) is 12.2. The van der Waals surface area contributed by atoms with Gasteiger partial charge in [-0.25, -0.2) is 4.79 Å². The molecule has 1 amide bonds. The molecule has 4 heteroatoms. The summed E-state index contributed by atoms with van der Waals surface area (Å²) in [6.07, 6.45) is 0.672. The predicted molar refractivity (Wildman–Crippen MR) is 91.3 cm³/mol. The Hall–Kier alpha value is -1.55. The monoisotopic (exact) mass is 316 g/mol. The van der Waals surface area contributed by atoms with E-state index in [9.17, 15) is 4.79 Å². The average Bonchev–Trinajstić information content (AvgIpc) is 2.88. The number of benzene rings is 1. The van der Waals surface area contributed by atoms with E-state index in [1.54, 1.807) is 0 Å². The zero-order valence-corrected chi connectivity index (χ0v) is 14.8. The van der Waals surface area contributed by atoms with Crippen molar-refractivity contribution in [2.24, 2.45) is 5.41 Å². The maximum absolute atomic E-state index is 12.2. The van der Waals surface area contributed by atoms with Crippen LogP contribution in [0.3, 0.4) is 0 Å². The number of alkyl carbamates (subject to hydrolysis) is 1. The van der Waals surface area contributed by atoms with E-state index < -0.39 is 0 Å². The van der Waals surface area contributed by atoms with Gasteiger partial charge in [0.2, 0.25) is 0 Å². The lowest BCUT2D eigenvalue weighted by atomic mass is 10.1. The molecule has 2 fully saturated rings. The fraction of sp³-hybridized carbons (Fsp3) is 0.632. The van der Waals surface area contributed by atoms with Gasteiger partial charge < -0.3 is 10.1 Å². The summed E-state index contributed by atoms with van der Waals surface area (Å²) in [5.74, 6) is 0. The van der Waals surface area contributed by atoms with Gasteiger partial charge >= 0.3 is 6.09 Å². The van der Waals surface area contributed by atoms with E-state index in [1.165, 1.54) is 5.56 Å². The van der Waals surface area contributed by atoms with Crippen molar-refractivity contribution in [3.8, 4) is 0 Å². The fourth-order valence-electron chi connectivity index (χ4n) is 3.78. The Morgan fingerprint density at radius 1 is 1.26 bits per heavy atom. The number of piperidine rings is 1. The Labute approximate surface area is 139 Å². The zero-order chi connectivity index (χ0) is 16.9. The van der Waals surface area contributed by atoms with E-state index in [-0.39, 0.29) is 22.6 Å². The molecule has 0 radical (unpaired) electrons. The van der Waals surface area contributed by atoms with Crippen molar-refractivity contribution in [2.75, 3.05) is 13.1 Å². The average molecular weight is 316 g/mol. The number of nitrogens with zero attached hydrogens (tertiary/aromatic N) is 1. The topological polar surface area (TPSA) is 41.6 Å². The number of hydrogen-bond acceptors (Lipinski definition) is 3. The van der Waals surface area contributed by atoms with Gasteiger partial charge in [0.15, 0.2) is 0 Å². The Bertz CT molecular complexity index is 595. The van der Waals surface area contributed by atoms with E-state index in [0.717, 1.165) is 19.5 Å². The highest BCUT2D eigenvalue weighted by atomic mass is 16.6. The van der Waals surface area contributed by atoms with Crippen molar-refractivity contribution in [2.45, 2.75) is 58.2 Å². The molecule has 2 aliphatic rings. The van der Waals surface area contributed by atoms with Crippen LogP contribution in [0.15, 0.2) is 30.3 Å². The molecule has 0 spiro atoms. The molecular formula is C19H28N2O2. The number of amides is 1. The third kappa shape index (κ3) is 3.09. The first-order valence-electron chi connectivity index (χ1n) is 8.44. The minimum Gasteiger partial charge on any atom is -0.441 e. The second kappa shape index (κ2) is 5.23. The maximum atomic E-state index is 12.2. The summed E-state index contributed by atoms with van der Waals surface area (Å²) in [5, 5.41) is 2.91. The Balaban J connectivity index is 1.67. The lowest BCUT2D eigenvalue weighted by Gasteiger charge is -2.28. The van der Waals surface area contributed by atoms with Crippen LogP contribution in [0.4, 0.5) is 4.79 Å². The van der Waals surface area contributed by atoms with Crippen LogP contribution in [-0.4, -0.2) is 35.2 Å². The van der Waals surface area contributed by atoms with E-state index in [0.29, 0.717) is 6.04 Å². The van der Waals surface area contributed by atoms with Crippen molar-refractivity contribution in [3.63, 3.8) is 0 Å². The molecule has 1 heterocycles. The van der Waals surface area contributed by atoms with Gasteiger partial charge in [0.25, 0.3) is 0 Å². The van der Waals surface area contributed by atoms with Crippen LogP contribution in [-0.2, 0) is 4.74 Å². The first kappa shape index (κ1) is 16.3. The van der Waals surface area contributed by atoms with Gasteiger partial charge in [0.05, 0.1) is 0 Å². The number of carbonyl (C=O) groups excluding carboxylic acids is 1. The SMILES string of the molecule is C[C@H](c1ccccc1)N1CC2(C)CC2(OC(=O)NC(C)(C)C)C1. The Morgan fingerprint density at radius 2 is 1.91 bits per heavy atom. The van der Waals surface area contributed by atoms with E-state index >= 15 is 0 Å². The van der Waals surface area contributed by atoms with E-state index in [4.69, 9.17) is 4.74 Å². The summed E-state index contributed by atoms with van der Waals surface area (Å²) in [4.78, 5) is 14.6. The third-order valence-electron chi connectivity index (χ3n) is 5.26. The molecule has 1 aromatic carbocycles. The molecule has 23 heavy (non-hydrogen) atoms. The molecule has 3 atom stereocenters. The molecule has 1 saturated carbocycles. The molecule has 4 nitrogen and oxygen atoms in total. The third-order valence-corrected chi connectivity index (χ3v) is 5.26. The normalized spacial score (nSPS) is 31.3. The van der Waals surface area contributed by atoms with Crippen molar-refractivity contribution >= 4 is 6.09 Å². The van der Waals surface area contributed by atoms with Crippen molar-refractivity contribution < 1.29 is 9.53 Å². The predicted octanol–water partition coefficient (Wildman–Crippen LogP) is 3.74. The van der Waals surface area contributed by atoms with Crippen LogP contribution in [0.1, 0.15) is 52.6 Å². The zero-order valence-electron chi connectivity index (χ0n) is 14.8. The molecule has 1 saturated heterocycles. The molecule has 1 aliphatic carbocycles. The largest absolute Gasteiger partial charge is 0.441 e. The maximum Gasteiger partial charge on any atom is 0.408 e. The number of fused-ring (bicyclic) bond motifs is 1. The van der Waals surface area contributed by atoms with Crippen LogP contribution in [0.5, 0.6) is 0 Å². The summed E-state index contributed by atoms with van der Waals surface area (Å²) < 4.78 is 5.88. The minimum atomic E-state index is -0.314. The number of hydrogen-bond donors (Lipinski definition) is 1. The van der Waals surface area contributed by atoms with Gasteiger partial charge in [-0.3, -0.25) is 4.90 Å². The number of likely N-dealkylation sites (tertiary alicyclic amines) is 1. The standard InChI is InChI=1S/C19H28N2O2/c1-14(15-9-7-6-8-10-15)21-12-18(5)11-19(18,13-21)23-16(22)20-17(2,3)4/h6-10,14H,11-13H2,1-5H3,(H,20,22)/t14-,18?,19?/m1/s1. The molecule has 0 aromatic heterocycles. The Morgan fingerprint density at radius 3 is 2.52 bits per heavy atom. The molecule has 1 aromatic rings. The molecule has 3 rings (SSSR count). The molecule has 2 unspecified atom stereocenters. The fourth-order valence-corrected chi connectivity index (χ4v) is 3.78.